The molecule has 2 aromatic rings. The Bertz CT molecular complexity index is 1060. The number of carbonyl (C=O) groups excluding carboxylic acids is 3. The van der Waals surface area contributed by atoms with Crippen LogP contribution in [-0.4, -0.2) is 33.6 Å². The van der Waals surface area contributed by atoms with Crippen LogP contribution in [0.2, 0.25) is 0 Å². The lowest BCUT2D eigenvalue weighted by Crippen LogP contribution is -2.52. The molecule has 1 saturated heterocycles. The molecule has 0 radical (unpaired) electrons. The van der Waals surface area contributed by atoms with Crippen molar-refractivity contribution in [3.8, 4) is 11.3 Å². The Morgan fingerprint density at radius 3 is 2.69 bits per heavy atom. The van der Waals surface area contributed by atoms with Crippen molar-refractivity contribution in [3.63, 3.8) is 0 Å². The molecule has 1 atom stereocenters. The van der Waals surface area contributed by atoms with Crippen LogP contribution in [0.1, 0.15) is 52.7 Å². The Labute approximate surface area is 168 Å². The minimum atomic E-state index is -0.603. The first kappa shape index (κ1) is 17.8. The van der Waals surface area contributed by atoms with Gasteiger partial charge in [0.25, 0.3) is 5.91 Å². The van der Waals surface area contributed by atoms with Gasteiger partial charge in [0.2, 0.25) is 11.8 Å². The molecule has 2 aliphatic heterocycles. The molecule has 1 aliphatic carbocycles. The number of pyridine rings is 1. The van der Waals surface area contributed by atoms with Crippen molar-refractivity contribution in [1.29, 1.82) is 0 Å². The van der Waals surface area contributed by atoms with Crippen molar-refractivity contribution < 1.29 is 14.4 Å². The topological polar surface area (TPSA) is 105 Å². The van der Waals surface area contributed by atoms with E-state index in [0.717, 1.165) is 42.5 Å². The molecule has 3 heterocycles. The van der Waals surface area contributed by atoms with Crippen LogP contribution in [0, 0.1) is 0 Å². The quantitative estimate of drug-likeness (QED) is 0.763. The van der Waals surface area contributed by atoms with E-state index in [4.69, 9.17) is 5.73 Å². The van der Waals surface area contributed by atoms with E-state index in [9.17, 15) is 14.4 Å². The Morgan fingerprint density at radius 1 is 1.03 bits per heavy atom. The Balaban J connectivity index is 1.45. The number of hydrogen-bond donors (Lipinski definition) is 2. The zero-order chi connectivity index (χ0) is 20.1. The molecule has 7 heteroatoms. The van der Waals surface area contributed by atoms with Crippen LogP contribution < -0.4 is 11.1 Å². The van der Waals surface area contributed by atoms with Crippen LogP contribution >= 0.6 is 0 Å². The average Bonchev–Trinajstić information content (AvgIpc) is 3.04. The van der Waals surface area contributed by atoms with Crippen LogP contribution in [0.5, 0.6) is 0 Å². The number of amides is 3. The number of anilines is 1. The number of nitrogens with one attached hydrogen (secondary N) is 1. The second kappa shape index (κ2) is 6.69. The number of rotatable bonds is 2. The molecule has 0 spiro atoms. The first-order valence-corrected chi connectivity index (χ1v) is 10.1. The van der Waals surface area contributed by atoms with Crippen LogP contribution in [0.15, 0.2) is 24.3 Å². The molecule has 7 nitrogen and oxygen atoms in total. The summed E-state index contributed by atoms with van der Waals surface area (Å²) in [6.07, 6.45) is 4.92. The fourth-order valence-electron chi connectivity index (χ4n) is 4.66. The van der Waals surface area contributed by atoms with Gasteiger partial charge in [-0.25, -0.2) is 4.98 Å². The van der Waals surface area contributed by atoms with E-state index < -0.39 is 11.9 Å². The van der Waals surface area contributed by atoms with Gasteiger partial charge < -0.3 is 10.6 Å². The largest absolute Gasteiger partial charge is 0.383 e. The minimum Gasteiger partial charge on any atom is -0.383 e. The number of fused-ring (bicyclic) bond motifs is 2. The van der Waals surface area contributed by atoms with E-state index in [2.05, 4.69) is 16.4 Å². The zero-order valence-corrected chi connectivity index (χ0v) is 16.0. The van der Waals surface area contributed by atoms with Crippen LogP contribution in [0.3, 0.4) is 0 Å². The fourth-order valence-corrected chi connectivity index (χ4v) is 4.66. The lowest BCUT2D eigenvalue weighted by atomic mass is 9.91. The van der Waals surface area contributed by atoms with Crippen molar-refractivity contribution in [2.45, 2.75) is 51.1 Å². The molecule has 3 N–H and O–H groups in total. The summed E-state index contributed by atoms with van der Waals surface area (Å²) in [6, 6.07) is 7.17. The summed E-state index contributed by atoms with van der Waals surface area (Å²) < 4.78 is 0. The number of piperidine rings is 1. The van der Waals surface area contributed by atoms with E-state index >= 15 is 0 Å². The molecule has 5 rings (SSSR count). The number of carbonyl (C=O) groups is 3. The van der Waals surface area contributed by atoms with E-state index in [1.54, 1.807) is 11.0 Å². The first-order chi connectivity index (χ1) is 14.0. The molecule has 0 saturated carbocycles. The third-order valence-electron chi connectivity index (χ3n) is 6.19. The number of nitrogen functional groups attached to an aromatic ring is 1. The highest BCUT2D eigenvalue weighted by atomic mass is 16.2. The van der Waals surface area contributed by atoms with Crippen LogP contribution in [-0.2, 0) is 29.0 Å². The number of hydrogen-bond acceptors (Lipinski definition) is 5. The molecule has 1 aromatic heterocycles. The molecule has 1 fully saturated rings. The van der Waals surface area contributed by atoms with Gasteiger partial charge >= 0.3 is 0 Å². The molecule has 3 amide bonds. The lowest BCUT2D eigenvalue weighted by Gasteiger charge is -2.29. The highest BCUT2D eigenvalue weighted by Gasteiger charge is 2.39. The number of nitrogens with two attached hydrogens (primary N) is 1. The second-order valence-electron chi connectivity index (χ2n) is 8.01. The third-order valence-corrected chi connectivity index (χ3v) is 6.19. The lowest BCUT2D eigenvalue weighted by molar-refractivity contribution is -0.136. The number of benzene rings is 1. The molecular weight excluding hydrogens is 368 g/mol. The zero-order valence-electron chi connectivity index (χ0n) is 16.0. The van der Waals surface area contributed by atoms with Crippen molar-refractivity contribution in [3.05, 3.63) is 46.5 Å². The minimum absolute atomic E-state index is 0.168. The van der Waals surface area contributed by atoms with Crippen molar-refractivity contribution in [2.75, 3.05) is 5.73 Å². The molecule has 0 bridgehead atoms. The predicted molar refractivity (Wildman–Crippen MR) is 107 cm³/mol. The van der Waals surface area contributed by atoms with Gasteiger partial charge in [0, 0.05) is 24.1 Å². The fraction of sp³-hybridized carbons (Fsp3) is 0.364. The van der Waals surface area contributed by atoms with Gasteiger partial charge in [-0.05, 0) is 67.0 Å². The average molecular weight is 390 g/mol. The summed E-state index contributed by atoms with van der Waals surface area (Å²) >= 11 is 0. The maximum atomic E-state index is 12.8. The number of nitrogens with zero attached hydrogens (tertiary/aromatic N) is 2. The van der Waals surface area contributed by atoms with Crippen molar-refractivity contribution in [2.24, 2.45) is 0 Å². The molecule has 3 aliphatic rings. The Kier molecular flexibility index (Phi) is 4.12. The summed E-state index contributed by atoms with van der Waals surface area (Å²) in [4.78, 5) is 42.6. The number of aromatic nitrogens is 1. The maximum Gasteiger partial charge on any atom is 0.255 e. The summed E-state index contributed by atoms with van der Waals surface area (Å²) in [5, 5.41) is 2.33. The molecule has 1 unspecified atom stereocenters. The summed E-state index contributed by atoms with van der Waals surface area (Å²) in [7, 11) is 0. The van der Waals surface area contributed by atoms with Gasteiger partial charge in [-0.1, -0.05) is 6.07 Å². The Morgan fingerprint density at radius 2 is 1.86 bits per heavy atom. The first-order valence-electron chi connectivity index (χ1n) is 10.1. The van der Waals surface area contributed by atoms with Gasteiger partial charge in [0.15, 0.2) is 0 Å². The SMILES string of the molecule is Nc1nc(-c2ccc3c(c2)CN(C2CCC(=O)NC2=O)C3=O)cc2c1CCCC2. The molecule has 29 heavy (non-hydrogen) atoms. The van der Waals surface area contributed by atoms with Crippen molar-refractivity contribution >= 4 is 23.5 Å². The van der Waals surface area contributed by atoms with Gasteiger partial charge in [-0.3, -0.25) is 19.7 Å². The predicted octanol–water partition coefficient (Wildman–Crippen LogP) is 1.97. The van der Waals surface area contributed by atoms with E-state index in [-0.39, 0.29) is 18.2 Å². The monoisotopic (exact) mass is 390 g/mol. The van der Waals surface area contributed by atoms with Crippen LogP contribution in [0.4, 0.5) is 5.82 Å². The Hall–Kier alpha value is -3.22. The van der Waals surface area contributed by atoms with E-state index in [1.165, 1.54) is 11.1 Å². The third kappa shape index (κ3) is 2.97. The summed E-state index contributed by atoms with van der Waals surface area (Å²) in [5.74, 6) is -0.251. The normalized spacial score (nSPS) is 21.0. The molecular formula is C22H22N4O3. The van der Waals surface area contributed by atoms with Crippen LogP contribution in [0.25, 0.3) is 11.3 Å². The van der Waals surface area contributed by atoms with Gasteiger partial charge in [0.05, 0.1) is 5.69 Å². The van der Waals surface area contributed by atoms with Gasteiger partial charge in [-0.15, -0.1) is 0 Å². The summed E-state index contributed by atoms with van der Waals surface area (Å²) in [5.41, 5.74) is 11.9. The van der Waals surface area contributed by atoms with Gasteiger partial charge in [0.1, 0.15) is 11.9 Å². The number of aryl methyl sites for hydroxylation is 1. The molecule has 148 valence electrons. The van der Waals surface area contributed by atoms with E-state index in [0.29, 0.717) is 24.3 Å². The smallest absolute Gasteiger partial charge is 0.255 e. The van der Waals surface area contributed by atoms with E-state index in [1.807, 2.05) is 12.1 Å². The van der Waals surface area contributed by atoms with Crippen molar-refractivity contribution in [1.82, 2.24) is 15.2 Å². The molecule has 1 aromatic carbocycles. The number of imide groups is 1. The standard InChI is InChI=1S/C22H22N4O3/c23-20-15-4-2-1-3-12(15)10-17(24-20)13-5-6-16-14(9-13)11-26(22(16)29)18-7-8-19(27)25-21(18)28/h5-6,9-10,18H,1-4,7-8,11H2,(H2,23,24)(H,25,27,28). The van der Waals surface area contributed by atoms with Gasteiger partial charge in [-0.2, -0.15) is 0 Å². The second-order valence-corrected chi connectivity index (χ2v) is 8.01. The maximum absolute atomic E-state index is 12.8. The highest BCUT2D eigenvalue weighted by molar-refractivity contribution is 6.05. The highest BCUT2D eigenvalue weighted by Crippen LogP contribution is 2.33. The summed E-state index contributed by atoms with van der Waals surface area (Å²) in [6.45, 7) is 0.356.